The van der Waals surface area contributed by atoms with Crippen molar-refractivity contribution in [2.75, 3.05) is 5.32 Å². The second kappa shape index (κ2) is 5.62. The number of aryl methyl sites for hydroxylation is 1. The number of carbonyl (C=O) groups is 1. The van der Waals surface area contributed by atoms with Crippen molar-refractivity contribution in [3.05, 3.63) is 64.8 Å². The minimum atomic E-state index is -0.0782. The van der Waals surface area contributed by atoms with Crippen LogP contribution in [0.25, 0.3) is 10.9 Å². The van der Waals surface area contributed by atoms with E-state index < -0.39 is 0 Å². The van der Waals surface area contributed by atoms with Crippen LogP contribution in [0.5, 0.6) is 0 Å². The Morgan fingerprint density at radius 3 is 2.86 bits per heavy atom. The minimum absolute atomic E-state index is 0.0782. The number of rotatable bonds is 3. The number of fused-ring (bicyclic) bond motifs is 1. The number of hydrogen-bond donors (Lipinski definition) is 2. The molecule has 0 spiro atoms. The summed E-state index contributed by atoms with van der Waals surface area (Å²) in [6.45, 7) is 1.96. The van der Waals surface area contributed by atoms with E-state index in [1.807, 2.05) is 55.6 Å². The number of hydrogen-bond acceptors (Lipinski definition) is 1. The summed E-state index contributed by atoms with van der Waals surface area (Å²) in [6.07, 6.45) is 2.19. The van der Waals surface area contributed by atoms with E-state index in [2.05, 4.69) is 10.3 Å². The van der Waals surface area contributed by atoms with Crippen LogP contribution in [0, 0.1) is 6.92 Å². The van der Waals surface area contributed by atoms with Crippen molar-refractivity contribution in [1.29, 1.82) is 0 Å². The third-order valence-electron chi connectivity index (χ3n) is 3.42. The monoisotopic (exact) mass is 298 g/mol. The van der Waals surface area contributed by atoms with E-state index in [1.165, 1.54) is 0 Å². The van der Waals surface area contributed by atoms with Crippen molar-refractivity contribution in [2.24, 2.45) is 0 Å². The van der Waals surface area contributed by atoms with Gasteiger partial charge in [0.05, 0.1) is 17.1 Å². The molecule has 1 heterocycles. The van der Waals surface area contributed by atoms with E-state index in [1.54, 1.807) is 0 Å². The van der Waals surface area contributed by atoms with Crippen LogP contribution < -0.4 is 5.32 Å². The summed E-state index contributed by atoms with van der Waals surface area (Å²) >= 11 is 6.13. The number of amides is 1. The maximum Gasteiger partial charge on any atom is 0.228 e. The first-order valence-corrected chi connectivity index (χ1v) is 7.12. The number of aromatic nitrogens is 1. The van der Waals surface area contributed by atoms with E-state index in [0.29, 0.717) is 17.1 Å². The summed E-state index contributed by atoms with van der Waals surface area (Å²) < 4.78 is 0. The van der Waals surface area contributed by atoms with E-state index in [4.69, 9.17) is 11.6 Å². The van der Waals surface area contributed by atoms with Gasteiger partial charge in [0.1, 0.15) is 0 Å². The number of benzene rings is 2. The van der Waals surface area contributed by atoms with Crippen molar-refractivity contribution in [2.45, 2.75) is 13.3 Å². The van der Waals surface area contributed by atoms with Crippen molar-refractivity contribution < 1.29 is 4.79 Å². The van der Waals surface area contributed by atoms with Crippen molar-refractivity contribution >= 4 is 34.1 Å². The first kappa shape index (κ1) is 13.7. The Hall–Kier alpha value is -2.26. The lowest BCUT2D eigenvalue weighted by molar-refractivity contribution is -0.115. The van der Waals surface area contributed by atoms with E-state index in [9.17, 15) is 4.79 Å². The lowest BCUT2D eigenvalue weighted by atomic mass is 10.1. The number of H-pyrrole nitrogens is 1. The number of carbonyl (C=O) groups excluding carboxylic acids is 1. The van der Waals surface area contributed by atoms with E-state index >= 15 is 0 Å². The van der Waals surface area contributed by atoms with Crippen LogP contribution in [0.3, 0.4) is 0 Å². The van der Waals surface area contributed by atoms with Crippen LogP contribution in [0.1, 0.15) is 11.1 Å². The molecule has 0 radical (unpaired) electrons. The first-order chi connectivity index (χ1) is 10.1. The van der Waals surface area contributed by atoms with Crippen molar-refractivity contribution in [1.82, 2.24) is 4.98 Å². The third kappa shape index (κ3) is 2.93. The van der Waals surface area contributed by atoms with Gasteiger partial charge in [0, 0.05) is 17.1 Å². The smallest absolute Gasteiger partial charge is 0.228 e. The highest BCUT2D eigenvalue weighted by atomic mass is 35.5. The molecule has 0 aliphatic carbocycles. The van der Waals surface area contributed by atoms with Gasteiger partial charge in [0.25, 0.3) is 0 Å². The molecule has 2 aromatic carbocycles. The molecule has 1 amide bonds. The van der Waals surface area contributed by atoms with Crippen LogP contribution in [-0.2, 0) is 11.2 Å². The molecule has 0 fully saturated rings. The predicted molar refractivity (Wildman–Crippen MR) is 86.8 cm³/mol. The van der Waals surface area contributed by atoms with Crippen LogP contribution in [0.4, 0.5) is 5.69 Å². The Bertz CT molecular complexity index is 807. The number of para-hydroxylation sites is 1. The summed E-state index contributed by atoms with van der Waals surface area (Å²) in [5.41, 5.74) is 3.72. The van der Waals surface area contributed by atoms with Gasteiger partial charge in [-0.3, -0.25) is 4.79 Å². The van der Waals surface area contributed by atoms with Gasteiger partial charge in [-0.15, -0.1) is 0 Å². The Morgan fingerprint density at radius 1 is 1.24 bits per heavy atom. The van der Waals surface area contributed by atoms with Gasteiger partial charge >= 0.3 is 0 Å². The van der Waals surface area contributed by atoms with Crippen LogP contribution in [-0.4, -0.2) is 10.9 Å². The van der Waals surface area contributed by atoms with Crippen LogP contribution in [0.2, 0.25) is 5.02 Å². The number of anilines is 1. The molecule has 0 unspecified atom stereocenters. The van der Waals surface area contributed by atoms with E-state index in [0.717, 1.165) is 22.0 Å². The number of nitrogens with one attached hydrogen (secondary N) is 2. The van der Waals surface area contributed by atoms with Crippen molar-refractivity contribution in [3.63, 3.8) is 0 Å². The number of aromatic amines is 1. The Kier molecular flexibility index (Phi) is 3.67. The average molecular weight is 299 g/mol. The average Bonchev–Trinajstić information content (AvgIpc) is 2.85. The zero-order chi connectivity index (χ0) is 14.8. The Labute approximate surface area is 127 Å². The summed E-state index contributed by atoms with van der Waals surface area (Å²) in [4.78, 5) is 15.3. The fourth-order valence-corrected chi connectivity index (χ4v) is 2.65. The molecule has 2 N–H and O–H groups in total. The molecule has 0 aliphatic rings. The molecule has 0 atom stereocenters. The van der Waals surface area contributed by atoms with Gasteiger partial charge in [0.2, 0.25) is 5.91 Å². The summed E-state index contributed by atoms with van der Waals surface area (Å²) in [5, 5.41) is 4.49. The lowest BCUT2D eigenvalue weighted by Crippen LogP contribution is -2.14. The molecule has 0 saturated carbocycles. The van der Waals surface area contributed by atoms with Crippen LogP contribution in [0.15, 0.2) is 48.7 Å². The molecule has 106 valence electrons. The normalized spacial score (nSPS) is 10.8. The quantitative estimate of drug-likeness (QED) is 0.743. The first-order valence-electron chi connectivity index (χ1n) is 6.74. The fraction of sp³-hybridized carbons (Fsp3) is 0.118. The highest BCUT2D eigenvalue weighted by Crippen LogP contribution is 2.23. The molecule has 4 heteroatoms. The van der Waals surface area contributed by atoms with Gasteiger partial charge in [0.15, 0.2) is 0 Å². The molecule has 3 aromatic rings. The maximum atomic E-state index is 12.2. The molecule has 0 aliphatic heterocycles. The lowest BCUT2D eigenvalue weighted by Gasteiger charge is -2.07. The molecule has 1 aromatic heterocycles. The van der Waals surface area contributed by atoms with Gasteiger partial charge in [-0.1, -0.05) is 35.9 Å². The molecule has 3 nitrogen and oxygen atoms in total. The molecule has 3 rings (SSSR count). The SMILES string of the molecule is Cc1ccc(NC(=O)Cc2c[nH]c3ccccc23)c(Cl)c1. The van der Waals surface area contributed by atoms with E-state index in [-0.39, 0.29) is 5.91 Å². The fourth-order valence-electron chi connectivity index (χ4n) is 2.37. The van der Waals surface area contributed by atoms with Gasteiger partial charge < -0.3 is 10.3 Å². The van der Waals surface area contributed by atoms with Gasteiger partial charge in [-0.25, -0.2) is 0 Å². The largest absolute Gasteiger partial charge is 0.361 e. The van der Waals surface area contributed by atoms with Crippen molar-refractivity contribution in [3.8, 4) is 0 Å². The van der Waals surface area contributed by atoms with Gasteiger partial charge in [-0.2, -0.15) is 0 Å². The molecular weight excluding hydrogens is 284 g/mol. The zero-order valence-electron chi connectivity index (χ0n) is 11.6. The van der Waals surface area contributed by atoms with Gasteiger partial charge in [-0.05, 0) is 36.2 Å². The minimum Gasteiger partial charge on any atom is -0.361 e. The highest BCUT2D eigenvalue weighted by Gasteiger charge is 2.10. The molecule has 0 saturated heterocycles. The predicted octanol–water partition coefficient (Wildman–Crippen LogP) is 4.31. The summed E-state index contributed by atoms with van der Waals surface area (Å²) in [7, 11) is 0. The second-order valence-corrected chi connectivity index (χ2v) is 5.47. The molecule has 21 heavy (non-hydrogen) atoms. The molecule has 0 bridgehead atoms. The molecular formula is C17H15ClN2O. The summed E-state index contributed by atoms with van der Waals surface area (Å²) in [5.74, 6) is -0.0782. The highest BCUT2D eigenvalue weighted by molar-refractivity contribution is 6.33. The maximum absolute atomic E-state index is 12.2. The zero-order valence-corrected chi connectivity index (χ0v) is 12.4. The topological polar surface area (TPSA) is 44.9 Å². The summed E-state index contributed by atoms with van der Waals surface area (Å²) in [6, 6.07) is 13.5. The second-order valence-electron chi connectivity index (χ2n) is 5.07. The Balaban J connectivity index is 1.77. The standard InChI is InChI=1S/C17H15ClN2O/c1-11-6-7-16(14(18)8-11)20-17(21)9-12-10-19-15-5-3-2-4-13(12)15/h2-8,10,19H,9H2,1H3,(H,20,21). The third-order valence-corrected chi connectivity index (χ3v) is 3.74. The van der Waals surface area contributed by atoms with Crippen LogP contribution >= 0.6 is 11.6 Å². The Morgan fingerprint density at radius 2 is 2.05 bits per heavy atom. The number of halogens is 1.